The minimum atomic E-state index is -0.340. The molecule has 5 nitrogen and oxygen atoms in total. The van der Waals surface area contributed by atoms with E-state index in [1.165, 1.54) is 34.6 Å². The molecule has 0 saturated heterocycles. The molecule has 5 rings (SSSR count). The van der Waals surface area contributed by atoms with Crippen molar-refractivity contribution in [2.45, 2.75) is 4.90 Å². The van der Waals surface area contributed by atoms with E-state index in [1.807, 2.05) is 35.7 Å². The number of amides is 2. The average Bonchev–Trinajstić information content (AvgIpc) is 3.35. The summed E-state index contributed by atoms with van der Waals surface area (Å²) in [7, 11) is 0. The molecule has 2 amide bonds. The lowest BCUT2D eigenvalue weighted by molar-refractivity contribution is -0.113. The number of hydrogen-bond donors (Lipinski definition) is 2. The molecule has 0 aliphatic carbocycles. The minimum absolute atomic E-state index is 0.160. The third-order valence-electron chi connectivity index (χ3n) is 5.43. The molecule has 9 heteroatoms. The molecule has 0 fully saturated rings. The molecule has 5 aromatic rings. The van der Waals surface area contributed by atoms with Gasteiger partial charge in [0.25, 0.3) is 5.91 Å². The molecule has 184 valence electrons. The summed E-state index contributed by atoms with van der Waals surface area (Å²) < 4.78 is 0. The number of rotatable bonds is 7. The Kier molecular flexibility index (Phi) is 7.76. The van der Waals surface area contributed by atoms with E-state index in [9.17, 15) is 9.59 Å². The number of thiazole rings is 1. The van der Waals surface area contributed by atoms with E-state index in [1.54, 1.807) is 24.3 Å². The zero-order valence-corrected chi connectivity index (χ0v) is 22.3. The van der Waals surface area contributed by atoms with Crippen LogP contribution in [0.25, 0.3) is 22.0 Å². The fraction of sp³-hybridized carbons (Fsp3) is 0.0357. The summed E-state index contributed by atoms with van der Waals surface area (Å²) in [5, 5.41) is 11.2. The van der Waals surface area contributed by atoms with Crippen LogP contribution in [-0.2, 0) is 4.79 Å². The number of carbonyl (C=O) groups is 2. The highest BCUT2D eigenvalue weighted by atomic mass is 35.5. The zero-order chi connectivity index (χ0) is 25.8. The van der Waals surface area contributed by atoms with E-state index < -0.39 is 0 Å². The van der Waals surface area contributed by atoms with E-state index in [2.05, 4.69) is 39.9 Å². The normalized spacial score (nSPS) is 10.9. The smallest absolute Gasteiger partial charge is 0.257 e. The maximum atomic E-state index is 12.6. The summed E-state index contributed by atoms with van der Waals surface area (Å²) in [5.74, 6) is -0.301. The lowest BCUT2D eigenvalue weighted by Crippen LogP contribution is -2.14. The van der Waals surface area contributed by atoms with Gasteiger partial charge in [-0.15, -0.1) is 23.1 Å². The minimum Gasteiger partial charge on any atom is -0.322 e. The van der Waals surface area contributed by atoms with Crippen molar-refractivity contribution < 1.29 is 9.59 Å². The number of nitrogens with one attached hydrogen (secondary N) is 2. The molecule has 0 aliphatic rings. The second-order valence-electron chi connectivity index (χ2n) is 8.04. The van der Waals surface area contributed by atoms with E-state index in [0.717, 1.165) is 21.5 Å². The van der Waals surface area contributed by atoms with Crippen molar-refractivity contribution in [1.29, 1.82) is 0 Å². The van der Waals surface area contributed by atoms with Crippen LogP contribution in [0.1, 0.15) is 10.4 Å². The fourth-order valence-electron chi connectivity index (χ4n) is 3.65. The van der Waals surface area contributed by atoms with Crippen LogP contribution in [0.2, 0.25) is 10.0 Å². The van der Waals surface area contributed by atoms with Gasteiger partial charge in [-0.1, -0.05) is 65.7 Å². The molecule has 0 aliphatic heterocycles. The summed E-state index contributed by atoms with van der Waals surface area (Å²) >= 11 is 14.8. The lowest BCUT2D eigenvalue weighted by Gasteiger charge is -2.09. The van der Waals surface area contributed by atoms with Gasteiger partial charge in [0.15, 0.2) is 5.13 Å². The predicted molar refractivity (Wildman–Crippen MR) is 155 cm³/mol. The Morgan fingerprint density at radius 2 is 1.70 bits per heavy atom. The second-order valence-corrected chi connectivity index (χ2v) is 10.8. The van der Waals surface area contributed by atoms with Crippen LogP contribution in [-0.4, -0.2) is 22.6 Å². The third kappa shape index (κ3) is 6.32. The number of benzene rings is 4. The van der Waals surface area contributed by atoms with Crippen LogP contribution in [0, 0.1) is 0 Å². The number of nitrogens with zero attached hydrogens (tertiary/aromatic N) is 1. The van der Waals surface area contributed by atoms with Gasteiger partial charge in [-0.3, -0.25) is 9.59 Å². The Bertz CT molecular complexity index is 1620. The van der Waals surface area contributed by atoms with Crippen molar-refractivity contribution in [3.8, 4) is 11.3 Å². The number of carbonyl (C=O) groups excluding carboxylic acids is 2. The monoisotopic (exact) mass is 563 g/mol. The van der Waals surface area contributed by atoms with Crippen molar-refractivity contribution in [2.75, 3.05) is 16.4 Å². The Morgan fingerprint density at radius 1 is 0.865 bits per heavy atom. The Morgan fingerprint density at radius 3 is 2.54 bits per heavy atom. The van der Waals surface area contributed by atoms with Gasteiger partial charge in [0.05, 0.1) is 22.0 Å². The number of fused-ring (bicyclic) bond motifs is 1. The van der Waals surface area contributed by atoms with Crippen molar-refractivity contribution >= 4 is 79.7 Å². The van der Waals surface area contributed by atoms with Crippen LogP contribution in [0.4, 0.5) is 10.8 Å². The molecule has 0 unspecified atom stereocenters. The van der Waals surface area contributed by atoms with Crippen LogP contribution in [0.3, 0.4) is 0 Å². The number of hydrogen-bond acceptors (Lipinski definition) is 5. The van der Waals surface area contributed by atoms with Crippen LogP contribution in [0.15, 0.2) is 95.2 Å². The van der Waals surface area contributed by atoms with Crippen LogP contribution >= 0.6 is 46.3 Å². The summed E-state index contributed by atoms with van der Waals surface area (Å²) in [6, 6.07) is 26.3. The molecule has 2 N–H and O–H groups in total. The number of aromatic nitrogens is 1. The third-order valence-corrected chi connectivity index (χ3v) is 7.73. The Hall–Kier alpha value is -3.36. The first-order chi connectivity index (χ1) is 17.9. The molecule has 0 atom stereocenters. The Balaban J connectivity index is 1.17. The molecule has 0 saturated carbocycles. The van der Waals surface area contributed by atoms with Gasteiger partial charge < -0.3 is 10.6 Å². The van der Waals surface area contributed by atoms with Gasteiger partial charge in [0.2, 0.25) is 5.91 Å². The second kappa shape index (κ2) is 11.4. The van der Waals surface area contributed by atoms with Gasteiger partial charge >= 0.3 is 0 Å². The van der Waals surface area contributed by atoms with Crippen LogP contribution in [0.5, 0.6) is 0 Å². The van der Waals surface area contributed by atoms with Crippen molar-refractivity contribution in [3.63, 3.8) is 0 Å². The lowest BCUT2D eigenvalue weighted by atomic mass is 10.1. The molecular weight excluding hydrogens is 545 g/mol. The quantitative estimate of drug-likeness (QED) is 0.195. The zero-order valence-electron chi connectivity index (χ0n) is 19.2. The molecular formula is C28H19Cl2N3O2S2. The summed E-state index contributed by atoms with van der Waals surface area (Å²) in [5.41, 5.74) is 2.75. The molecule has 1 aromatic heterocycles. The van der Waals surface area contributed by atoms with Gasteiger partial charge in [-0.2, -0.15) is 0 Å². The van der Waals surface area contributed by atoms with Gasteiger partial charge in [-0.25, -0.2) is 4.98 Å². The molecule has 4 aromatic carbocycles. The van der Waals surface area contributed by atoms with Gasteiger partial charge in [-0.05, 0) is 53.2 Å². The highest BCUT2D eigenvalue weighted by Crippen LogP contribution is 2.29. The Labute approximate surface area is 231 Å². The first-order valence-corrected chi connectivity index (χ1v) is 13.8. The number of anilines is 2. The summed E-state index contributed by atoms with van der Waals surface area (Å²) in [6.45, 7) is 0. The predicted octanol–water partition coefficient (Wildman–Crippen LogP) is 8.25. The largest absolute Gasteiger partial charge is 0.322 e. The number of thioether (sulfide) groups is 1. The maximum absolute atomic E-state index is 12.6. The molecule has 37 heavy (non-hydrogen) atoms. The van der Waals surface area contributed by atoms with Gasteiger partial charge in [0.1, 0.15) is 0 Å². The maximum Gasteiger partial charge on any atom is 0.257 e. The van der Waals surface area contributed by atoms with Gasteiger partial charge in [0, 0.05) is 26.5 Å². The topological polar surface area (TPSA) is 71.1 Å². The van der Waals surface area contributed by atoms with Crippen LogP contribution < -0.4 is 10.6 Å². The van der Waals surface area contributed by atoms with E-state index in [-0.39, 0.29) is 22.6 Å². The first kappa shape index (κ1) is 25.3. The van der Waals surface area contributed by atoms with Crippen molar-refractivity contribution in [3.05, 3.63) is 106 Å². The fourth-order valence-corrected chi connectivity index (χ4v) is 5.64. The van der Waals surface area contributed by atoms with E-state index in [0.29, 0.717) is 21.4 Å². The summed E-state index contributed by atoms with van der Waals surface area (Å²) in [4.78, 5) is 30.6. The SMILES string of the molecule is O=C(CSc1cccc(NC(=O)c2ccc(Cl)cc2Cl)c1)Nc1nc(-c2ccc3ccccc3c2)cs1. The number of halogens is 2. The standard InChI is InChI=1S/C28H19Cl2N3O2S2/c29-20-10-11-23(24(30)13-20)27(35)31-21-6-3-7-22(14-21)36-16-26(34)33-28-32-25(15-37-28)19-9-8-17-4-1-2-5-18(17)12-19/h1-15H,16H2,(H,31,35)(H,32,33,34). The molecule has 0 bridgehead atoms. The molecule has 0 spiro atoms. The molecule has 0 radical (unpaired) electrons. The first-order valence-electron chi connectivity index (χ1n) is 11.2. The van der Waals surface area contributed by atoms with E-state index in [4.69, 9.17) is 23.2 Å². The van der Waals surface area contributed by atoms with Crippen molar-refractivity contribution in [1.82, 2.24) is 4.98 Å². The highest BCUT2D eigenvalue weighted by molar-refractivity contribution is 8.00. The summed E-state index contributed by atoms with van der Waals surface area (Å²) in [6.07, 6.45) is 0. The average molecular weight is 565 g/mol. The molecule has 1 heterocycles. The highest BCUT2D eigenvalue weighted by Gasteiger charge is 2.13. The van der Waals surface area contributed by atoms with E-state index >= 15 is 0 Å². The van der Waals surface area contributed by atoms with Crippen molar-refractivity contribution in [2.24, 2.45) is 0 Å².